The molecule has 0 spiro atoms. The van der Waals surface area contributed by atoms with Gasteiger partial charge in [-0.25, -0.2) is 0 Å². The number of hydrogen-bond acceptors (Lipinski definition) is 3. The van der Waals surface area contributed by atoms with E-state index in [1.165, 1.54) is 0 Å². The summed E-state index contributed by atoms with van der Waals surface area (Å²) < 4.78 is 0. The summed E-state index contributed by atoms with van der Waals surface area (Å²) in [5, 5.41) is 2.98. The Morgan fingerprint density at radius 1 is 1.33 bits per heavy atom. The van der Waals surface area contributed by atoms with Crippen molar-refractivity contribution in [2.75, 3.05) is 31.2 Å². The molecule has 4 nitrogen and oxygen atoms in total. The highest BCUT2D eigenvalue weighted by Gasteiger charge is 2.37. The Hall–Kier alpha value is -1.55. The Morgan fingerprint density at radius 2 is 2.06 bits per heavy atom. The van der Waals surface area contributed by atoms with E-state index in [0.717, 1.165) is 42.9 Å². The molecule has 2 aliphatic heterocycles. The number of carbonyl (C=O) groups excluding carboxylic acids is 1. The standard InChI is InChI=1S/C14H19N3O/c1-17-6-4-9(5-7-17)13-11-8-10(15)2-3-12(11)16-14(13)18/h2-3,8-9,13H,4-7,15H2,1H3,(H,16,18)/t13-/m0/s1. The number of likely N-dealkylation sites (tertiary alicyclic amines) is 1. The van der Waals surface area contributed by atoms with Gasteiger partial charge in [0, 0.05) is 11.4 Å². The van der Waals surface area contributed by atoms with Crippen LogP contribution in [0.25, 0.3) is 0 Å². The highest BCUT2D eigenvalue weighted by molar-refractivity contribution is 6.03. The van der Waals surface area contributed by atoms with Crippen LogP contribution < -0.4 is 11.1 Å². The molecule has 3 rings (SSSR count). The van der Waals surface area contributed by atoms with E-state index in [1.54, 1.807) is 0 Å². The quantitative estimate of drug-likeness (QED) is 0.740. The fraction of sp³-hybridized carbons (Fsp3) is 0.500. The third-order valence-electron chi connectivity index (χ3n) is 4.19. The number of fused-ring (bicyclic) bond motifs is 1. The smallest absolute Gasteiger partial charge is 0.232 e. The van der Waals surface area contributed by atoms with Gasteiger partial charge < -0.3 is 16.0 Å². The molecule has 1 saturated heterocycles. The first kappa shape index (κ1) is 11.5. The highest BCUT2D eigenvalue weighted by atomic mass is 16.2. The number of nitrogens with zero attached hydrogens (tertiary/aromatic N) is 1. The lowest BCUT2D eigenvalue weighted by Crippen LogP contribution is -2.34. The molecular formula is C14H19N3O. The number of anilines is 2. The van der Waals surface area contributed by atoms with Crippen molar-refractivity contribution in [1.29, 1.82) is 0 Å². The van der Waals surface area contributed by atoms with Crippen LogP contribution in [0.3, 0.4) is 0 Å². The summed E-state index contributed by atoms with van der Waals surface area (Å²) in [5.74, 6) is 0.589. The van der Waals surface area contributed by atoms with Gasteiger partial charge in [-0.15, -0.1) is 0 Å². The molecular weight excluding hydrogens is 226 g/mol. The Bertz CT molecular complexity index is 478. The van der Waals surface area contributed by atoms with E-state index in [9.17, 15) is 4.79 Å². The third-order valence-corrected chi connectivity index (χ3v) is 4.19. The van der Waals surface area contributed by atoms with Gasteiger partial charge in [-0.2, -0.15) is 0 Å². The van der Waals surface area contributed by atoms with Crippen LogP contribution in [-0.4, -0.2) is 30.9 Å². The first-order chi connectivity index (χ1) is 8.65. The molecule has 3 N–H and O–H groups in total. The summed E-state index contributed by atoms with van der Waals surface area (Å²) in [6, 6.07) is 5.71. The largest absolute Gasteiger partial charge is 0.399 e. The molecule has 1 atom stereocenters. The number of benzene rings is 1. The molecule has 0 aliphatic carbocycles. The topological polar surface area (TPSA) is 58.4 Å². The van der Waals surface area contributed by atoms with Gasteiger partial charge in [0.15, 0.2) is 0 Å². The third kappa shape index (κ3) is 1.86. The first-order valence-electron chi connectivity index (χ1n) is 6.54. The number of rotatable bonds is 1. The van der Waals surface area contributed by atoms with Gasteiger partial charge in [-0.05, 0) is 62.7 Å². The number of amides is 1. The molecule has 0 radical (unpaired) electrons. The van der Waals surface area contributed by atoms with Crippen molar-refractivity contribution in [1.82, 2.24) is 4.90 Å². The van der Waals surface area contributed by atoms with E-state index in [4.69, 9.17) is 5.73 Å². The van der Waals surface area contributed by atoms with Crippen molar-refractivity contribution >= 4 is 17.3 Å². The van der Waals surface area contributed by atoms with Crippen LogP contribution in [0.4, 0.5) is 11.4 Å². The second-order valence-corrected chi connectivity index (χ2v) is 5.45. The molecule has 0 aromatic heterocycles. The summed E-state index contributed by atoms with van der Waals surface area (Å²) >= 11 is 0. The Labute approximate surface area is 107 Å². The Kier molecular flexibility index (Phi) is 2.74. The molecule has 2 aliphatic rings. The van der Waals surface area contributed by atoms with E-state index >= 15 is 0 Å². The molecule has 0 saturated carbocycles. The van der Waals surface area contributed by atoms with Gasteiger partial charge in [-0.1, -0.05) is 0 Å². The van der Waals surface area contributed by atoms with Gasteiger partial charge in [0.2, 0.25) is 5.91 Å². The zero-order valence-electron chi connectivity index (χ0n) is 10.6. The summed E-state index contributed by atoms with van der Waals surface area (Å²) in [6.07, 6.45) is 2.17. The van der Waals surface area contributed by atoms with Gasteiger partial charge in [0.25, 0.3) is 0 Å². The highest BCUT2D eigenvalue weighted by Crippen LogP contribution is 2.41. The van der Waals surface area contributed by atoms with Crippen molar-refractivity contribution < 1.29 is 4.79 Å². The minimum Gasteiger partial charge on any atom is -0.399 e. The van der Waals surface area contributed by atoms with Crippen molar-refractivity contribution in [3.63, 3.8) is 0 Å². The van der Waals surface area contributed by atoms with Crippen molar-refractivity contribution in [3.05, 3.63) is 23.8 Å². The van der Waals surface area contributed by atoms with E-state index < -0.39 is 0 Å². The van der Waals surface area contributed by atoms with E-state index in [0.29, 0.717) is 5.92 Å². The maximum atomic E-state index is 12.2. The maximum absolute atomic E-state index is 12.2. The van der Waals surface area contributed by atoms with Crippen LogP contribution in [0.5, 0.6) is 0 Å². The van der Waals surface area contributed by atoms with Crippen molar-refractivity contribution in [2.45, 2.75) is 18.8 Å². The zero-order valence-corrected chi connectivity index (χ0v) is 10.6. The lowest BCUT2D eigenvalue weighted by molar-refractivity contribution is -0.118. The van der Waals surface area contributed by atoms with Crippen LogP contribution in [0.15, 0.2) is 18.2 Å². The molecule has 0 bridgehead atoms. The fourth-order valence-corrected chi connectivity index (χ4v) is 3.13. The molecule has 18 heavy (non-hydrogen) atoms. The molecule has 1 aromatic rings. The molecule has 1 fully saturated rings. The average molecular weight is 245 g/mol. The predicted octanol–water partition coefficient (Wildman–Crippen LogP) is 1.65. The molecule has 1 aromatic carbocycles. The van der Waals surface area contributed by atoms with Crippen LogP contribution in [0.1, 0.15) is 24.3 Å². The number of nitrogen functional groups attached to an aromatic ring is 1. The summed E-state index contributed by atoms with van der Waals surface area (Å²) in [5.41, 5.74) is 8.62. The van der Waals surface area contributed by atoms with Gasteiger partial charge in [0.05, 0.1) is 5.92 Å². The zero-order chi connectivity index (χ0) is 12.7. The van der Waals surface area contributed by atoms with Crippen LogP contribution in [-0.2, 0) is 4.79 Å². The van der Waals surface area contributed by atoms with Crippen LogP contribution in [0, 0.1) is 5.92 Å². The second-order valence-electron chi connectivity index (χ2n) is 5.45. The molecule has 0 unspecified atom stereocenters. The Morgan fingerprint density at radius 3 is 2.78 bits per heavy atom. The minimum absolute atomic E-state index is 0.00259. The second kappa shape index (κ2) is 4.28. The molecule has 2 heterocycles. The first-order valence-corrected chi connectivity index (χ1v) is 6.54. The lowest BCUT2D eigenvalue weighted by atomic mass is 9.81. The lowest BCUT2D eigenvalue weighted by Gasteiger charge is -2.31. The SMILES string of the molecule is CN1CCC([C@@H]2C(=O)Nc3ccc(N)cc32)CC1. The van der Waals surface area contributed by atoms with Gasteiger partial charge >= 0.3 is 0 Å². The monoisotopic (exact) mass is 245 g/mol. The summed E-state index contributed by atoms with van der Waals surface area (Å²) in [6.45, 7) is 2.15. The average Bonchev–Trinajstić information content (AvgIpc) is 2.66. The number of piperidine rings is 1. The summed E-state index contributed by atoms with van der Waals surface area (Å²) in [4.78, 5) is 14.5. The molecule has 96 valence electrons. The van der Waals surface area contributed by atoms with Gasteiger partial charge in [-0.3, -0.25) is 4.79 Å². The number of nitrogens with one attached hydrogen (secondary N) is 1. The van der Waals surface area contributed by atoms with E-state index in [1.807, 2.05) is 18.2 Å². The van der Waals surface area contributed by atoms with E-state index in [-0.39, 0.29) is 11.8 Å². The van der Waals surface area contributed by atoms with Crippen LogP contribution >= 0.6 is 0 Å². The van der Waals surface area contributed by atoms with Crippen LogP contribution in [0.2, 0.25) is 0 Å². The fourth-order valence-electron chi connectivity index (χ4n) is 3.13. The summed E-state index contributed by atoms with van der Waals surface area (Å²) in [7, 11) is 2.14. The number of hydrogen-bond donors (Lipinski definition) is 2. The number of nitrogens with two attached hydrogens (primary N) is 1. The number of carbonyl (C=O) groups is 1. The Balaban J connectivity index is 1.89. The minimum atomic E-state index is -0.00259. The van der Waals surface area contributed by atoms with Crippen molar-refractivity contribution in [3.8, 4) is 0 Å². The maximum Gasteiger partial charge on any atom is 0.232 e. The predicted molar refractivity (Wildman–Crippen MR) is 72.4 cm³/mol. The van der Waals surface area contributed by atoms with E-state index in [2.05, 4.69) is 17.3 Å². The molecule has 1 amide bonds. The normalized spacial score (nSPS) is 24.9. The van der Waals surface area contributed by atoms with Gasteiger partial charge in [0.1, 0.15) is 0 Å². The molecule has 4 heteroatoms. The van der Waals surface area contributed by atoms with Crippen molar-refractivity contribution in [2.24, 2.45) is 5.92 Å².